The second kappa shape index (κ2) is 9.90. The summed E-state index contributed by atoms with van der Waals surface area (Å²) in [6, 6.07) is 26.8. The zero-order chi connectivity index (χ0) is 25.9. The summed E-state index contributed by atoms with van der Waals surface area (Å²) in [6.45, 7) is -0.575. The van der Waals surface area contributed by atoms with Gasteiger partial charge in [-0.05, 0) is 40.1 Å². The van der Waals surface area contributed by atoms with Crippen LogP contribution in [0.4, 0.5) is 11.4 Å². The van der Waals surface area contributed by atoms with Gasteiger partial charge in [0.2, 0.25) is 0 Å². The average molecular weight is 495 g/mol. The number of esters is 1. The molecule has 0 radical (unpaired) electrons. The number of nitrogens with zero attached hydrogens (tertiary/aromatic N) is 3. The van der Waals surface area contributed by atoms with Crippen molar-refractivity contribution >= 4 is 39.7 Å². The van der Waals surface area contributed by atoms with E-state index in [0.29, 0.717) is 6.42 Å². The number of ether oxygens (including phenoxy) is 1. The molecule has 0 saturated carbocycles. The zero-order valence-electron chi connectivity index (χ0n) is 19.6. The Morgan fingerprint density at radius 3 is 2.46 bits per heavy atom. The number of rotatable bonds is 6. The first-order chi connectivity index (χ1) is 17.9. The predicted molar refractivity (Wildman–Crippen MR) is 139 cm³/mol. The Morgan fingerprint density at radius 2 is 1.70 bits per heavy atom. The molecule has 0 saturated heterocycles. The Morgan fingerprint density at radius 1 is 0.973 bits per heavy atom. The molecule has 9 heteroatoms. The Balaban J connectivity index is 1.38. The first-order valence-electron chi connectivity index (χ1n) is 11.6. The molecule has 1 amide bonds. The molecule has 0 aromatic heterocycles. The minimum Gasteiger partial charge on any atom is -0.452 e. The molecular formula is C28H22N4O5. The molecule has 1 aliphatic heterocycles. The highest BCUT2D eigenvalue weighted by Gasteiger charge is 2.33. The van der Waals surface area contributed by atoms with Crippen LogP contribution in [0, 0.1) is 10.1 Å². The fourth-order valence-corrected chi connectivity index (χ4v) is 4.32. The number of nitrogens with two attached hydrogens (primary N) is 1. The van der Waals surface area contributed by atoms with E-state index in [0.717, 1.165) is 33.7 Å². The molecule has 9 nitrogen and oxygen atoms in total. The van der Waals surface area contributed by atoms with E-state index in [9.17, 15) is 19.7 Å². The molecule has 0 aliphatic carbocycles. The maximum Gasteiger partial charge on any atom is 0.338 e. The molecule has 1 aliphatic rings. The van der Waals surface area contributed by atoms with Crippen LogP contribution in [-0.2, 0) is 9.53 Å². The summed E-state index contributed by atoms with van der Waals surface area (Å²) in [5, 5.41) is 19.3. The number of anilines is 1. The molecule has 4 aromatic carbocycles. The summed E-state index contributed by atoms with van der Waals surface area (Å²) < 4.78 is 5.20. The van der Waals surface area contributed by atoms with Crippen molar-refractivity contribution < 1.29 is 19.2 Å². The molecule has 37 heavy (non-hydrogen) atoms. The Labute approximate surface area is 211 Å². The minimum absolute atomic E-state index is 0.0732. The van der Waals surface area contributed by atoms with Crippen molar-refractivity contribution in [1.29, 1.82) is 0 Å². The first kappa shape index (κ1) is 23.7. The predicted octanol–water partition coefficient (Wildman–Crippen LogP) is 4.86. The summed E-state index contributed by atoms with van der Waals surface area (Å²) >= 11 is 0. The number of nitrogen functional groups attached to an aromatic ring is 1. The first-order valence-corrected chi connectivity index (χ1v) is 11.6. The minimum atomic E-state index is -0.870. The molecular weight excluding hydrogens is 472 g/mol. The van der Waals surface area contributed by atoms with Gasteiger partial charge >= 0.3 is 5.97 Å². The third-order valence-corrected chi connectivity index (χ3v) is 6.22. The standard InChI is InChI=1S/C28H22N4O5/c29-23-13-12-22(15-26(23)32(35)36)28(34)37-17-27(33)31-25(19-7-2-1-3-8-19)16-24(30-31)21-11-10-18-6-4-5-9-20(18)14-21/h1-15,25H,16-17,29H2/t25-/m0/s1. The largest absolute Gasteiger partial charge is 0.452 e. The number of hydrogen-bond acceptors (Lipinski definition) is 7. The summed E-state index contributed by atoms with van der Waals surface area (Å²) in [5.74, 6) is -1.38. The maximum absolute atomic E-state index is 13.2. The van der Waals surface area contributed by atoms with Crippen LogP contribution in [0.5, 0.6) is 0 Å². The fourth-order valence-electron chi connectivity index (χ4n) is 4.32. The van der Waals surface area contributed by atoms with Crippen LogP contribution in [-0.4, -0.2) is 34.1 Å². The van der Waals surface area contributed by atoms with Gasteiger partial charge in [0.1, 0.15) is 5.69 Å². The van der Waals surface area contributed by atoms with Crippen molar-refractivity contribution in [3.05, 3.63) is 118 Å². The van der Waals surface area contributed by atoms with Crippen molar-refractivity contribution in [2.75, 3.05) is 12.3 Å². The van der Waals surface area contributed by atoms with Crippen molar-refractivity contribution in [2.24, 2.45) is 5.10 Å². The number of benzene rings is 4. The molecule has 184 valence electrons. The molecule has 1 heterocycles. The van der Waals surface area contributed by atoms with Crippen LogP contribution < -0.4 is 5.73 Å². The molecule has 0 spiro atoms. The van der Waals surface area contributed by atoms with E-state index < -0.39 is 29.1 Å². The highest BCUT2D eigenvalue weighted by molar-refractivity contribution is 6.05. The third kappa shape index (κ3) is 4.87. The average Bonchev–Trinajstić information content (AvgIpc) is 3.37. The smallest absolute Gasteiger partial charge is 0.338 e. The number of carbonyl (C=O) groups is 2. The van der Waals surface area contributed by atoms with Gasteiger partial charge in [-0.2, -0.15) is 5.10 Å². The SMILES string of the molecule is Nc1ccc(C(=O)OCC(=O)N2N=C(c3ccc4ccccc4c3)C[C@H]2c2ccccc2)cc1[N+](=O)[O-]. The van der Waals surface area contributed by atoms with Crippen LogP contribution in [0.1, 0.15) is 33.9 Å². The molecule has 0 bridgehead atoms. The van der Waals surface area contributed by atoms with Gasteiger partial charge in [0.05, 0.1) is 22.2 Å². The number of nitro benzene ring substituents is 1. The highest BCUT2D eigenvalue weighted by atomic mass is 16.6. The fraction of sp³-hybridized carbons (Fsp3) is 0.107. The van der Waals surface area contributed by atoms with Crippen LogP contribution >= 0.6 is 0 Å². The van der Waals surface area contributed by atoms with Gasteiger partial charge in [-0.1, -0.05) is 66.7 Å². The van der Waals surface area contributed by atoms with E-state index in [4.69, 9.17) is 10.5 Å². The highest BCUT2D eigenvalue weighted by Crippen LogP contribution is 2.33. The van der Waals surface area contributed by atoms with Gasteiger partial charge in [-0.25, -0.2) is 9.80 Å². The summed E-state index contributed by atoms with van der Waals surface area (Å²) in [5.41, 5.74) is 7.58. The van der Waals surface area contributed by atoms with E-state index in [1.165, 1.54) is 17.1 Å². The lowest BCUT2D eigenvalue weighted by Crippen LogP contribution is -2.31. The van der Waals surface area contributed by atoms with E-state index in [2.05, 4.69) is 5.10 Å². The monoisotopic (exact) mass is 494 g/mol. The van der Waals surface area contributed by atoms with Crippen LogP contribution in [0.3, 0.4) is 0 Å². The second-order valence-corrected chi connectivity index (χ2v) is 8.58. The summed E-state index contributed by atoms with van der Waals surface area (Å²) in [6.07, 6.45) is 0.492. The molecule has 0 fully saturated rings. The molecule has 4 aromatic rings. The topological polar surface area (TPSA) is 128 Å². The van der Waals surface area contributed by atoms with Crippen molar-refractivity contribution in [1.82, 2.24) is 5.01 Å². The second-order valence-electron chi connectivity index (χ2n) is 8.58. The Kier molecular flexibility index (Phi) is 6.34. The van der Waals surface area contributed by atoms with E-state index in [1.54, 1.807) is 0 Å². The van der Waals surface area contributed by atoms with Gasteiger partial charge in [0, 0.05) is 12.5 Å². The van der Waals surface area contributed by atoms with Gasteiger partial charge in [-0.3, -0.25) is 14.9 Å². The van der Waals surface area contributed by atoms with Gasteiger partial charge < -0.3 is 10.5 Å². The Hall–Kier alpha value is -5.05. The lowest BCUT2D eigenvalue weighted by atomic mass is 9.97. The van der Waals surface area contributed by atoms with Crippen LogP contribution in [0.2, 0.25) is 0 Å². The molecule has 2 N–H and O–H groups in total. The molecule has 0 unspecified atom stereocenters. The van der Waals surface area contributed by atoms with Crippen LogP contribution in [0.25, 0.3) is 10.8 Å². The number of fused-ring (bicyclic) bond motifs is 1. The van der Waals surface area contributed by atoms with Gasteiger partial charge in [0.25, 0.3) is 11.6 Å². The van der Waals surface area contributed by atoms with Crippen LogP contribution in [0.15, 0.2) is 96.1 Å². The molecule has 5 rings (SSSR count). The number of carbonyl (C=O) groups excluding carboxylic acids is 2. The van der Waals surface area contributed by atoms with Crippen molar-refractivity contribution in [3.63, 3.8) is 0 Å². The third-order valence-electron chi connectivity index (χ3n) is 6.22. The quantitative estimate of drug-likeness (QED) is 0.176. The van der Waals surface area contributed by atoms with Gasteiger partial charge in [0.15, 0.2) is 6.61 Å². The number of hydrogen-bond donors (Lipinski definition) is 1. The van der Waals surface area contributed by atoms with E-state index in [-0.39, 0.29) is 17.3 Å². The maximum atomic E-state index is 13.2. The van der Waals surface area contributed by atoms with Crippen molar-refractivity contribution in [3.8, 4) is 0 Å². The van der Waals surface area contributed by atoms with Crippen molar-refractivity contribution in [2.45, 2.75) is 12.5 Å². The lowest BCUT2D eigenvalue weighted by Gasteiger charge is -2.21. The number of nitro groups is 1. The Bertz CT molecular complexity index is 1550. The zero-order valence-corrected chi connectivity index (χ0v) is 19.6. The lowest BCUT2D eigenvalue weighted by molar-refractivity contribution is -0.383. The summed E-state index contributed by atoms with van der Waals surface area (Å²) in [7, 11) is 0. The summed E-state index contributed by atoms with van der Waals surface area (Å²) in [4.78, 5) is 36.2. The number of amides is 1. The van der Waals surface area contributed by atoms with E-state index >= 15 is 0 Å². The molecule has 1 atom stereocenters. The van der Waals surface area contributed by atoms with E-state index in [1.807, 2.05) is 72.8 Å². The normalized spacial score (nSPS) is 14.9. The number of hydrazone groups is 1. The van der Waals surface area contributed by atoms with Gasteiger partial charge in [-0.15, -0.1) is 0 Å².